The van der Waals surface area contributed by atoms with Gasteiger partial charge in [-0.25, -0.2) is 0 Å². The molecule has 17 heavy (non-hydrogen) atoms. The molecule has 1 rings (SSSR count). The maximum atomic E-state index is 12.1. The Hall–Kier alpha value is -0.330. The molecule has 1 heteroatoms. The van der Waals surface area contributed by atoms with Gasteiger partial charge in [0.2, 0.25) is 0 Å². The fourth-order valence-corrected chi connectivity index (χ4v) is 2.83. The Morgan fingerprint density at radius 1 is 1.06 bits per heavy atom. The molecule has 0 aliphatic heterocycles. The molecule has 0 aromatic rings. The average Bonchev–Trinajstić information content (AvgIpc) is 2.15. The van der Waals surface area contributed by atoms with E-state index < -0.39 is 0 Å². The van der Waals surface area contributed by atoms with Crippen molar-refractivity contribution < 1.29 is 4.79 Å². The molecule has 0 radical (unpaired) electrons. The Labute approximate surface area is 107 Å². The minimum Gasteiger partial charge on any atom is -0.299 e. The molecule has 0 aromatic heterocycles. The maximum Gasteiger partial charge on any atom is 0.138 e. The maximum absolute atomic E-state index is 12.1. The van der Waals surface area contributed by atoms with E-state index in [1.807, 2.05) is 20.8 Å². The predicted molar refractivity (Wildman–Crippen MR) is 74.0 cm³/mol. The van der Waals surface area contributed by atoms with E-state index in [2.05, 4.69) is 20.8 Å². The molecule has 1 saturated carbocycles. The lowest BCUT2D eigenvalue weighted by Gasteiger charge is -2.38. The number of hydrogen-bond donors (Lipinski definition) is 0. The highest BCUT2D eigenvalue weighted by molar-refractivity contribution is 5.83. The fourth-order valence-electron chi connectivity index (χ4n) is 2.83. The molecule has 1 nitrogen and oxygen atoms in total. The second-order valence-corrected chi connectivity index (χ2v) is 7.97. The first-order valence-electron chi connectivity index (χ1n) is 7.14. The highest BCUT2D eigenvalue weighted by atomic mass is 16.1. The summed E-state index contributed by atoms with van der Waals surface area (Å²) in [5.74, 6) is 1.88. The van der Waals surface area contributed by atoms with Gasteiger partial charge in [-0.3, -0.25) is 4.79 Å². The molecule has 1 aliphatic carbocycles. The summed E-state index contributed by atoms with van der Waals surface area (Å²) in [6.45, 7) is 13.1. The molecular formula is C16H30O. The van der Waals surface area contributed by atoms with Gasteiger partial charge in [0.05, 0.1) is 0 Å². The lowest BCUT2D eigenvalue weighted by molar-refractivity contribution is -0.127. The quantitative estimate of drug-likeness (QED) is 0.672. The Balaban J connectivity index is 2.54. The van der Waals surface area contributed by atoms with E-state index in [0.717, 1.165) is 12.3 Å². The summed E-state index contributed by atoms with van der Waals surface area (Å²) in [5, 5.41) is 0. The Morgan fingerprint density at radius 2 is 1.65 bits per heavy atom. The van der Waals surface area contributed by atoms with Crippen LogP contribution in [-0.2, 0) is 4.79 Å². The van der Waals surface area contributed by atoms with Crippen molar-refractivity contribution in [3.05, 3.63) is 0 Å². The third-order valence-corrected chi connectivity index (χ3v) is 4.32. The molecule has 1 fully saturated rings. The molecule has 0 spiro atoms. The largest absolute Gasteiger partial charge is 0.299 e. The van der Waals surface area contributed by atoms with E-state index in [1.165, 1.54) is 25.7 Å². The number of ketones is 1. The number of Topliss-reactive ketones (excluding diaryl/α,β-unsaturated/α-hetero) is 1. The number of carbonyl (C=O) groups is 1. The summed E-state index contributed by atoms with van der Waals surface area (Å²) in [6.07, 6.45) is 5.98. The molecule has 0 bridgehead atoms. The lowest BCUT2D eigenvalue weighted by atomic mass is 9.67. The highest BCUT2D eigenvalue weighted by Crippen LogP contribution is 2.41. The molecule has 0 heterocycles. The minimum atomic E-state index is -0.158. The lowest BCUT2D eigenvalue weighted by Crippen LogP contribution is -2.30. The van der Waals surface area contributed by atoms with Crippen LogP contribution in [0.4, 0.5) is 0 Å². The third-order valence-electron chi connectivity index (χ3n) is 4.32. The number of carbonyl (C=O) groups excluding carboxylic acids is 1. The van der Waals surface area contributed by atoms with Crippen molar-refractivity contribution in [2.24, 2.45) is 22.7 Å². The second kappa shape index (κ2) is 5.12. The zero-order valence-electron chi connectivity index (χ0n) is 12.6. The van der Waals surface area contributed by atoms with Crippen LogP contribution in [0.15, 0.2) is 0 Å². The van der Waals surface area contributed by atoms with Crippen molar-refractivity contribution in [3.63, 3.8) is 0 Å². The van der Waals surface area contributed by atoms with Gasteiger partial charge in [0.25, 0.3) is 0 Å². The van der Waals surface area contributed by atoms with E-state index in [1.54, 1.807) is 0 Å². The minimum absolute atomic E-state index is 0.158. The molecule has 0 aromatic carbocycles. The van der Waals surface area contributed by atoms with Gasteiger partial charge in [-0.15, -0.1) is 0 Å². The van der Waals surface area contributed by atoms with Crippen molar-refractivity contribution in [2.75, 3.05) is 0 Å². The summed E-state index contributed by atoms with van der Waals surface area (Å²) >= 11 is 0. The van der Waals surface area contributed by atoms with Gasteiger partial charge in [-0.2, -0.15) is 0 Å². The van der Waals surface area contributed by atoms with Gasteiger partial charge in [0.15, 0.2) is 0 Å². The molecular weight excluding hydrogens is 208 g/mol. The van der Waals surface area contributed by atoms with Gasteiger partial charge >= 0.3 is 0 Å². The van der Waals surface area contributed by atoms with Crippen molar-refractivity contribution >= 4 is 5.78 Å². The number of rotatable bonds is 2. The topological polar surface area (TPSA) is 17.1 Å². The Morgan fingerprint density at radius 3 is 2.12 bits per heavy atom. The first kappa shape index (κ1) is 14.7. The summed E-state index contributed by atoms with van der Waals surface area (Å²) in [5.41, 5.74) is 0.248. The molecule has 0 saturated heterocycles. The number of hydrogen-bond acceptors (Lipinski definition) is 1. The van der Waals surface area contributed by atoms with Gasteiger partial charge in [0, 0.05) is 11.8 Å². The molecule has 1 aliphatic rings. The normalized spacial score (nSPS) is 26.9. The van der Waals surface area contributed by atoms with Gasteiger partial charge in [-0.1, -0.05) is 54.4 Å². The smallest absolute Gasteiger partial charge is 0.138 e. The molecule has 0 N–H and O–H groups in total. The standard InChI is InChI=1S/C16H30O/c1-15(2,3)13-9-7-8-12(10-13)11-14(17)16(4,5)6/h12-13H,7-11H2,1-6H3. The first-order chi connectivity index (χ1) is 7.60. The Kier molecular flexibility index (Phi) is 4.43. The molecule has 0 amide bonds. The van der Waals surface area contributed by atoms with Gasteiger partial charge in [-0.05, 0) is 30.1 Å². The highest BCUT2D eigenvalue weighted by Gasteiger charge is 2.33. The molecule has 2 atom stereocenters. The summed E-state index contributed by atoms with van der Waals surface area (Å²) in [4.78, 5) is 12.1. The SMILES string of the molecule is CC(C)(C)C(=O)CC1CCCC(C(C)(C)C)C1. The predicted octanol–water partition coefficient (Wildman–Crippen LogP) is 4.84. The van der Waals surface area contributed by atoms with Gasteiger partial charge < -0.3 is 0 Å². The van der Waals surface area contributed by atoms with E-state index in [-0.39, 0.29) is 5.41 Å². The summed E-state index contributed by atoms with van der Waals surface area (Å²) in [6, 6.07) is 0. The monoisotopic (exact) mass is 238 g/mol. The van der Waals surface area contributed by atoms with Crippen molar-refractivity contribution in [2.45, 2.75) is 73.6 Å². The van der Waals surface area contributed by atoms with E-state index in [4.69, 9.17) is 0 Å². The molecule has 2 unspecified atom stereocenters. The van der Waals surface area contributed by atoms with Crippen LogP contribution in [0, 0.1) is 22.7 Å². The van der Waals surface area contributed by atoms with Crippen LogP contribution in [0.1, 0.15) is 73.6 Å². The van der Waals surface area contributed by atoms with Crippen molar-refractivity contribution in [1.29, 1.82) is 0 Å². The Bertz CT molecular complexity index is 264. The van der Waals surface area contributed by atoms with Crippen molar-refractivity contribution in [3.8, 4) is 0 Å². The fraction of sp³-hybridized carbons (Fsp3) is 0.938. The van der Waals surface area contributed by atoms with Crippen LogP contribution in [0.3, 0.4) is 0 Å². The average molecular weight is 238 g/mol. The summed E-state index contributed by atoms with van der Waals surface area (Å²) < 4.78 is 0. The van der Waals surface area contributed by atoms with Crippen molar-refractivity contribution in [1.82, 2.24) is 0 Å². The first-order valence-corrected chi connectivity index (χ1v) is 7.14. The van der Waals surface area contributed by atoms with Crippen LogP contribution >= 0.6 is 0 Å². The second-order valence-electron chi connectivity index (χ2n) is 7.97. The molecule has 100 valence electrons. The van der Waals surface area contributed by atoms with E-state index >= 15 is 0 Å². The summed E-state index contributed by atoms with van der Waals surface area (Å²) in [7, 11) is 0. The zero-order valence-corrected chi connectivity index (χ0v) is 12.6. The zero-order chi connectivity index (χ0) is 13.3. The van der Waals surface area contributed by atoms with E-state index in [9.17, 15) is 4.79 Å². The van der Waals surface area contributed by atoms with Crippen LogP contribution in [0.2, 0.25) is 0 Å². The van der Waals surface area contributed by atoms with E-state index in [0.29, 0.717) is 17.1 Å². The van der Waals surface area contributed by atoms with Gasteiger partial charge in [0.1, 0.15) is 5.78 Å². The van der Waals surface area contributed by atoms with Crippen LogP contribution < -0.4 is 0 Å². The van der Waals surface area contributed by atoms with Crippen LogP contribution in [-0.4, -0.2) is 5.78 Å². The third kappa shape index (κ3) is 4.44. The van der Waals surface area contributed by atoms with Crippen LogP contribution in [0.25, 0.3) is 0 Å². The van der Waals surface area contributed by atoms with Crippen LogP contribution in [0.5, 0.6) is 0 Å².